The van der Waals surface area contributed by atoms with E-state index in [1.54, 1.807) is 6.20 Å². The van der Waals surface area contributed by atoms with E-state index in [1.165, 1.54) is 19.3 Å². The second kappa shape index (κ2) is 3.77. The van der Waals surface area contributed by atoms with E-state index in [1.807, 2.05) is 13.0 Å². The van der Waals surface area contributed by atoms with Crippen LogP contribution in [0.15, 0.2) is 16.7 Å². The predicted octanol–water partition coefficient (Wildman–Crippen LogP) is 2.52. The van der Waals surface area contributed by atoms with Crippen LogP contribution < -0.4 is 4.90 Å². The van der Waals surface area contributed by atoms with Gasteiger partial charge in [-0.05, 0) is 32.3 Å². The topological polar surface area (TPSA) is 42.2 Å². The van der Waals surface area contributed by atoms with Crippen LogP contribution in [0.3, 0.4) is 0 Å². The summed E-state index contributed by atoms with van der Waals surface area (Å²) in [5, 5.41) is 0. The lowest BCUT2D eigenvalue weighted by Crippen LogP contribution is -2.29. The van der Waals surface area contributed by atoms with Crippen molar-refractivity contribution in [2.45, 2.75) is 26.2 Å². The van der Waals surface area contributed by atoms with E-state index in [-0.39, 0.29) is 0 Å². The number of rotatable bonds is 1. The van der Waals surface area contributed by atoms with Crippen LogP contribution >= 0.6 is 0 Å². The molecule has 2 aromatic rings. The Hall–Kier alpha value is -1.58. The Balaban J connectivity index is 2.01. The molecule has 1 saturated heterocycles. The van der Waals surface area contributed by atoms with E-state index in [4.69, 9.17) is 4.42 Å². The van der Waals surface area contributed by atoms with Gasteiger partial charge in [-0.3, -0.25) is 4.98 Å². The minimum atomic E-state index is 0.755. The van der Waals surface area contributed by atoms with Crippen LogP contribution in [0.25, 0.3) is 11.1 Å². The molecule has 0 spiro atoms. The minimum absolute atomic E-state index is 0.755. The molecule has 3 rings (SSSR count). The minimum Gasteiger partial charge on any atom is -0.421 e. The van der Waals surface area contributed by atoms with Crippen molar-refractivity contribution in [1.82, 2.24) is 9.97 Å². The molecule has 0 radical (unpaired) electrons. The van der Waals surface area contributed by atoms with Gasteiger partial charge in [0.1, 0.15) is 5.52 Å². The van der Waals surface area contributed by atoms with E-state index >= 15 is 0 Å². The highest BCUT2D eigenvalue weighted by atomic mass is 16.4. The number of hydrogen-bond donors (Lipinski definition) is 0. The van der Waals surface area contributed by atoms with Crippen LogP contribution in [0.4, 0.5) is 6.01 Å². The average molecular weight is 217 g/mol. The molecule has 0 amide bonds. The number of hydrogen-bond acceptors (Lipinski definition) is 4. The molecule has 3 heterocycles. The Kier molecular flexibility index (Phi) is 2.27. The molecule has 0 atom stereocenters. The smallest absolute Gasteiger partial charge is 0.298 e. The summed E-state index contributed by atoms with van der Waals surface area (Å²) in [5.41, 5.74) is 2.64. The van der Waals surface area contributed by atoms with Crippen molar-refractivity contribution in [2.24, 2.45) is 0 Å². The summed E-state index contributed by atoms with van der Waals surface area (Å²) in [5.74, 6) is 0. The van der Waals surface area contributed by atoms with Gasteiger partial charge in [0.25, 0.3) is 6.01 Å². The lowest BCUT2D eigenvalue weighted by Gasteiger charge is -2.24. The van der Waals surface area contributed by atoms with E-state index < -0.39 is 0 Å². The lowest BCUT2D eigenvalue weighted by atomic mass is 10.1. The normalized spacial score (nSPS) is 16.9. The summed E-state index contributed by atoms with van der Waals surface area (Å²) >= 11 is 0. The summed E-state index contributed by atoms with van der Waals surface area (Å²) < 4.78 is 5.79. The van der Waals surface area contributed by atoms with Crippen molar-refractivity contribution >= 4 is 17.1 Å². The summed E-state index contributed by atoms with van der Waals surface area (Å²) in [6, 6.07) is 2.66. The zero-order valence-electron chi connectivity index (χ0n) is 9.44. The van der Waals surface area contributed by atoms with Crippen LogP contribution in [-0.2, 0) is 0 Å². The molecule has 0 saturated carbocycles. The van der Waals surface area contributed by atoms with Crippen molar-refractivity contribution in [3.05, 3.63) is 18.0 Å². The molecule has 0 aliphatic carbocycles. The number of piperidine rings is 1. The first-order valence-electron chi connectivity index (χ1n) is 5.82. The maximum atomic E-state index is 5.79. The SMILES string of the molecule is Cc1nccc2nc(N3CCCCC3)oc12. The van der Waals surface area contributed by atoms with E-state index in [9.17, 15) is 0 Å². The van der Waals surface area contributed by atoms with Crippen molar-refractivity contribution in [2.75, 3.05) is 18.0 Å². The Morgan fingerprint density at radius 1 is 1.25 bits per heavy atom. The van der Waals surface area contributed by atoms with E-state index in [2.05, 4.69) is 14.9 Å². The number of oxazole rings is 1. The number of nitrogens with zero attached hydrogens (tertiary/aromatic N) is 3. The molecule has 16 heavy (non-hydrogen) atoms. The fraction of sp³-hybridized carbons (Fsp3) is 0.500. The number of aryl methyl sites for hydroxylation is 1. The number of aromatic nitrogens is 2. The first-order chi connectivity index (χ1) is 7.84. The van der Waals surface area contributed by atoms with Gasteiger partial charge in [0.15, 0.2) is 5.58 Å². The molecule has 4 nitrogen and oxygen atoms in total. The lowest BCUT2D eigenvalue weighted by molar-refractivity contribution is 0.508. The molecular formula is C12H15N3O. The average Bonchev–Trinajstić information content (AvgIpc) is 2.76. The van der Waals surface area contributed by atoms with Gasteiger partial charge < -0.3 is 9.32 Å². The fourth-order valence-corrected chi connectivity index (χ4v) is 2.19. The first-order valence-corrected chi connectivity index (χ1v) is 5.82. The number of pyridine rings is 1. The molecule has 1 aliphatic heterocycles. The Morgan fingerprint density at radius 2 is 2.06 bits per heavy atom. The summed E-state index contributed by atoms with van der Waals surface area (Å²) in [6.45, 7) is 4.06. The molecule has 0 aromatic carbocycles. The molecular weight excluding hydrogens is 202 g/mol. The molecule has 4 heteroatoms. The quantitative estimate of drug-likeness (QED) is 0.736. The molecule has 2 aromatic heterocycles. The summed E-state index contributed by atoms with van der Waals surface area (Å²) in [6.07, 6.45) is 5.56. The fourth-order valence-electron chi connectivity index (χ4n) is 2.19. The van der Waals surface area contributed by atoms with Crippen molar-refractivity contribution in [3.63, 3.8) is 0 Å². The maximum Gasteiger partial charge on any atom is 0.298 e. The van der Waals surface area contributed by atoms with Crippen LogP contribution in [0.5, 0.6) is 0 Å². The van der Waals surface area contributed by atoms with Gasteiger partial charge in [-0.15, -0.1) is 0 Å². The van der Waals surface area contributed by atoms with E-state index in [0.717, 1.165) is 35.9 Å². The number of fused-ring (bicyclic) bond motifs is 1. The third kappa shape index (κ3) is 1.54. The van der Waals surface area contributed by atoms with Crippen molar-refractivity contribution < 1.29 is 4.42 Å². The van der Waals surface area contributed by atoms with Gasteiger partial charge in [-0.1, -0.05) is 0 Å². The highest BCUT2D eigenvalue weighted by Crippen LogP contribution is 2.25. The molecule has 1 fully saturated rings. The van der Waals surface area contributed by atoms with Crippen LogP contribution in [0, 0.1) is 6.92 Å². The molecule has 0 N–H and O–H groups in total. The van der Waals surface area contributed by atoms with Crippen LogP contribution in [-0.4, -0.2) is 23.1 Å². The third-order valence-electron chi connectivity index (χ3n) is 3.10. The summed E-state index contributed by atoms with van der Waals surface area (Å²) in [4.78, 5) is 11.0. The number of anilines is 1. The first kappa shape index (κ1) is 9.63. The highest BCUT2D eigenvalue weighted by molar-refractivity contribution is 5.76. The van der Waals surface area contributed by atoms with Crippen molar-refractivity contribution in [1.29, 1.82) is 0 Å². The van der Waals surface area contributed by atoms with Gasteiger partial charge >= 0.3 is 0 Å². The Morgan fingerprint density at radius 3 is 2.81 bits per heavy atom. The molecule has 0 unspecified atom stereocenters. The summed E-state index contributed by atoms with van der Waals surface area (Å²) in [7, 11) is 0. The zero-order chi connectivity index (χ0) is 11.0. The van der Waals surface area contributed by atoms with Gasteiger partial charge in [-0.25, -0.2) is 0 Å². The van der Waals surface area contributed by atoms with Gasteiger partial charge in [0, 0.05) is 19.3 Å². The largest absolute Gasteiger partial charge is 0.421 e. The van der Waals surface area contributed by atoms with Gasteiger partial charge in [0.05, 0.1) is 5.69 Å². The standard InChI is InChI=1S/C12H15N3O/c1-9-11-10(5-6-13-9)14-12(16-11)15-7-3-2-4-8-15/h5-6H,2-4,7-8H2,1H3. The molecule has 1 aliphatic rings. The second-order valence-electron chi connectivity index (χ2n) is 4.29. The zero-order valence-corrected chi connectivity index (χ0v) is 9.44. The monoisotopic (exact) mass is 217 g/mol. The predicted molar refractivity (Wildman–Crippen MR) is 62.6 cm³/mol. The van der Waals surface area contributed by atoms with Gasteiger partial charge in [-0.2, -0.15) is 4.98 Å². The third-order valence-corrected chi connectivity index (χ3v) is 3.10. The second-order valence-corrected chi connectivity index (χ2v) is 4.29. The van der Waals surface area contributed by atoms with Crippen LogP contribution in [0.2, 0.25) is 0 Å². The Bertz CT molecular complexity index is 500. The van der Waals surface area contributed by atoms with Gasteiger partial charge in [0.2, 0.25) is 0 Å². The van der Waals surface area contributed by atoms with Crippen LogP contribution in [0.1, 0.15) is 25.0 Å². The highest BCUT2D eigenvalue weighted by Gasteiger charge is 2.17. The van der Waals surface area contributed by atoms with E-state index in [0.29, 0.717) is 0 Å². The molecule has 0 bridgehead atoms. The van der Waals surface area contributed by atoms with Crippen molar-refractivity contribution in [3.8, 4) is 0 Å². The Labute approximate surface area is 94.3 Å². The maximum absolute atomic E-state index is 5.79. The molecule has 84 valence electrons.